The lowest BCUT2D eigenvalue weighted by Gasteiger charge is -2.20. The first-order valence-corrected chi connectivity index (χ1v) is 9.50. The maximum absolute atomic E-state index is 13.4. The normalized spacial score (nSPS) is 12.8. The number of alkyl halides is 3. The molecule has 0 saturated heterocycles. The number of benzene rings is 2. The number of nitrogens with one attached hydrogen (secondary N) is 1. The number of nitrogens with zero attached hydrogens (tertiary/aromatic N) is 2. The lowest BCUT2D eigenvalue weighted by atomic mass is 10.1. The minimum atomic E-state index is -4.94. The van der Waals surface area contributed by atoms with Crippen molar-refractivity contribution >= 4 is 28.5 Å². The molecule has 0 radical (unpaired) electrons. The van der Waals surface area contributed by atoms with Crippen molar-refractivity contribution in [3.63, 3.8) is 0 Å². The first-order chi connectivity index (χ1) is 14.0. The van der Waals surface area contributed by atoms with E-state index in [2.05, 4.69) is 10.3 Å². The van der Waals surface area contributed by atoms with Crippen molar-refractivity contribution in [2.45, 2.75) is 39.5 Å². The maximum Gasteiger partial charge on any atom is 0.438 e. The van der Waals surface area contributed by atoms with E-state index in [1.54, 1.807) is 44.2 Å². The van der Waals surface area contributed by atoms with Gasteiger partial charge in [-0.15, -0.1) is 0 Å². The highest BCUT2D eigenvalue weighted by atomic mass is 35.5. The van der Waals surface area contributed by atoms with E-state index in [1.807, 2.05) is 0 Å². The topological polar surface area (TPSA) is 64.0 Å². The number of carbonyl (C=O) groups excluding carboxylic acids is 1. The molecule has 3 rings (SSSR count). The average molecular weight is 438 g/mol. The van der Waals surface area contributed by atoms with Crippen molar-refractivity contribution in [2.24, 2.45) is 0 Å². The molecular formula is C21H19ClF3N3O2. The van der Waals surface area contributed by atoms with Gasteiger partial charge < -0.3 is 5.32 Å². The number of carbonyl (C=O) groups is 1. The van der Waals surface area contributed by atoms with E-state index in [0.29, 0.717) is 10.6 Å². The Bertz CT molecular complexity index is 1190. The summed E-state index contributed by atoms with van der Waals surface area (Å²) in [4.78, 5) is 28.9. The van der Waals surface area contributed by atoms with E-state index >= 15 is 0 Å². The minimum Gasteiger partial charge on any atom is -0.350 e. The lowest BCUT2D eigenvalue weighted by Crippen LogP contribution is -2.39. The Balaban J connectivity index is 2.07. The van der Waals surface area contributed by atoms with E-state index in [4.69, 9.17) is 11.6 Å². The van der Waals surface area contributed by atoms with Crippen LogP contribution in [-0.2, 0) is 17.5 Å². The number of hydrogen-bond acceptors (Lipinski definition) is 3. The highest BCUT2D eigenvalue weighted by Crippen LogP contribution is 2.28. The molecule has 9 heteroatoms. The first kappa shape index (κ1) is 21.8. The third-order valence-corrected chi connectivity index (χ3v) is 5.32. The number of halogens is 4. The highest BCUT2D eigenvalue weighted by Gasteiger charge is 2.38. The number of aromatic nitrogens is 2. The second-order valence-electron chi connectivity index (χ2n) is 7.04. The maximum atomic E-state index is 13.4. The van der Waals surface area contributed by atoms with Crippen molar-refractivity contribution in [2.75, 3.05) is 0 Å². The SMILES string of the molecule is Cc1cc2nc(C(F)(F)F)c(=O)n(C(C)C(=O)NCc3ccccc3Cl)c2cc1C. The Morgan fingerprint density at radius 1 is 1.20 bits per heavy atom. The quantitative estimate of drug-likeness (QED) is 0.650. The number of fused-ring (bicyclic) bond motifs is 1. The van der Waals surface area contributed by atoms with Crippen LogP contribution in [0.1, 0.15) is 35.3 Å². The van der Waals surface area contributed by atoms with Crippen LogP contribution in [0.25, 0.3) is 11.0 Å². The van der Waals surface area contributed by atoms with Crippen LogP contribution in [0, 0.1) is 13.8 Å². The molecule has 2 aromatic carbocycles. The van der Waals surface area contributed by atoms with Gasteiger partial charge in [0.2, 0.25) is 11.6 Å². The van der Waals surface area contributed by atoms with Crippen LogP contribution in [0.5, 0.6) is 0 Å². The Kier molecular flexibility index (Phi) is 5.90. The van der Waals surface area contributed by atoms with Gasteiger partial charge in [-0.05, 0) is 55.7 Å². The molecule has 1 atom stereocenters. The van der Waals surface area contributed by atoms with Gasteiger partial charge in [-0.2, -0.15) is 13.2 Å². The van der Waals surface area contributed by atoms with Gasteiger partial charge in [-0.25, -0.2) is 4.98 Å². The zero-order valence-electron chi connectivity index (χ0n) is 16.5. The molecule has 0 bridgehead atoms. The minimum absolute atomic E-state index is 0.00391. The largest absolute Gasteiger partial charge is 0.438 e. The molecule has 0 fully saturated rings. The molecule has 5 nitrogen and oxygen atoms in total. The molecule has 0 aliphatic rings. The van der Waals surface area contributed by atoms with Crippen LogP contribution < -0.4 is 10.9 Å². The molecular weight excluding hydrogens is 419 g/mol. The standard InChI is InChI=1S/C21H19ClF3N3O2/c1-11-8-16-17(9-12(11)2)28(20(30)18(27-16)21(23,24)25)13(3)19(29)26-10-14-6-4-5-7-15(14)22/h4-9,13H,10H2,1-3H3,(H,26,29). The third-order valence-electron chi connectivity index (χ3n) is 4.95. The van der Waals surface area contributed by atoms with Gasteiger partial charge in [0.25, 0.3) is 5.56 Å². The van der Waals surface area contributed by atoms with Crippen molar-refractivity contribution < 1.29 is 18.0 Å². The Morgan fingerprint density at radius 2 is 1.83 bits per heavy atom. The smallest absolute Gasteiger partial charge is 0.350 e. The summed E-state index contributed by atoms with van der Waals surface area (Å²) in [7, 11) is 0. The molecule has 1 aromatic heterocycles. The summed E-state index contributed by atoms with van der Waals surface area (Å²) in [5.74, 6) is -0.615. The van der Waals surface area contributed by atoms with Gasteiger partial charge in [0.1, 0.15) is 6.04 Å². The van der Waals surface area contributed by atoms with E-state index in [9.17, 15) is 22.8 Å². The Hall–Kier alpha value is -2.87. The van der Waals surface area contributed by atoms with Gasteiger partial charge in [0.05, 0.1) is 11.0 Å². The van der Waals surface area contributed by atoms with E-state index in [-0.39, 0.29) is 17.6 Å². The molecule has 1 unspecified atom stereocenters. The molecule has 158 valence electrons. The number of hydrogen-bond donors (Lipinski definition) is 1. The van der Waals surface area contributed by atoms with Crippen LogP contribution in [0.4, 0.5) is 13.2 Å². The molecule has 1 amide bonds. The second kappa shape index (κ2) is 8.10. The summed E-state index contributed by atoms with van der Waals surface area (Å²) >= 11 is 6.07. The van der Waals surface area contributed by atoms with Gasteiger partial charge >= 0.3 is 6.18 Å². The fourth-order valence-corrected chi connectivity index (χ4v) is 3.32. The van der Waals surface area contributed by atoms with E-state index < -0.39 is 29.4 Å². The number of rotatable bonds is 4. The van der Waals surface area contributed by atoms with Gasteiger partial charge in [0, 0.05) is 11.6 Å². The van der Waals surface area contributed by atoms with Gasteiger partial charge in [-0.3, -0.25) is 14.2 Å². The van der Waals surface area contributed by atoms with Crippen LogP contribution >= 0.6 is 11.6 Å². The van der Waals surface area contributed by atoms with Gasteiger partial charge in [-0.1, -0.05) is 29.8 Å². The molecule has 1 heterocycles. The zero-order valence-corrected chi connectivity index (χ0v) is 17.2. The molecule has 3 aromatic rings. The molecule has 0 spiro atoms. The predicted octanol–water partition coefficient (Wildman–Crippen LogP) is 4.56. The van der Waals surface area contributed by atoms with E-state index in [0.717, 1.165) is 15.7 Å². The number of amides is 1. The predicted molar refractivity (Wildman–Crippen MR) is 108 cm³/mol. The fourth-order valence-electron chi connectivity index (χ4n) is 3.12. The fraction of sp³-hybridized carbons (Fsp3) is 0.286. The Morgan fingerprint density at radius 3 is 2.47 bits per heavy atom. The molecule has 0 saturated carbocycles. The highest BCUT2D eigenvalue weighted by molar-refractivity contribution is 6.31. The molecule has 30 heavy (non-hydrogen) atoms. The second-order valence-corrected chi connectivity index (χ2v) is 7.45. The average Bonchev–Trinajstić information content (AvgIpc) is 2.67. The lowest BCUT2D eigenvalue weighted by molar-refractivity contribution is -0.142. The van der Waals surface area contributed by atoms with Crippen molar-refractivity contribution in [1.29, 1.82) is 0 Å². The summed E-state index contributed by atoms with van der Waals surface area (Å²) in [5.41, 5.74) is -0.617. The summed E-state index contributed by atoms with van der Waals surface area (Å²) in [6.07, 6.45) is -4.94. The zero-order chi connectivity index (χ0) is 22.2. The Labute approximate surface area is 175 Å². The van der Waals surface area contributed by atoms with Crippen LogP contribution in [0.2, 0.25) is 5.02 Å². The summed E-state index contributed by atoms with van der Waals surface area (Å²) in [6, 6.07) is 8.71. The van der Waals surface area contributed by atoms with Crippen LogP contribution in [0.3, 0.4) is 0 Å². The molecule has 0 aliphatic heterocycles. The third kappa shape index (κ3) is 4.18. The summed E-state index contributed by atoms with van der Waals surface area (Å²) < 4.78 is 41.1. The van der Waals surface area contributed by atoms with Crippen LogP contribution in [-0.4, -0.2) is 15.5 Å². The first-order valence-electron chi connectivity index (χ1n) is 9.12. The monoisotopic (exact) mass is 437 g/mol. The van der Waals surface area contributed by atoms with Gasteiger partial charge in [0.15, 0.2) is 0 Å². The summed E-state index contributed by atoms with van der Waals surface area (Å²) in [6.45, 7) is 4.95. The van der Waals surface area contributed by atoms with E-state index in [1.165, 1.54) is 13.0 Å². The van der Waals surface area contributed by atoms with Crippen molar-refractivity contribution in [3.05, 3.63) is 74.2 Å². The molecule has 1 N–H and O–H groups in total. The number of aryl methyl sites for hydroxylation is 2. The van der Waals surface area contributed by atoms with Crippen LogP contribution in [0.15, 0.2) is 41.2 Å². The molecule has 0 aliphatic carbocycles. The van der Waals surface area contributed by atoms with Crippen molar-refractivity contribution in [3.8, 4) is 0 Å². The summed E-state index contributed by atoms with van der Waals surface area (Å²) in [5, 5.41) is 3.08. The van der Waals surface area contributed by atoms with Crippen molar-refractivity contribution in [1.82, 2.24) is 14.9 Å².